The lowest BCUT2D eigenvalue weighted by Crippen LogP contribution is -2.55. The van der Waals surface area contributed by atoms with Crippen molar-refractivity contribution in [2.75, 3.05) is 39.3 Å². The molecule has 1 aromatic heterocycles. The summed E-state index contributed by atoms with van der Waals surface area (Å²) in [6.45, 7) is 2.51. The smallest absolute Gasteiger partial charge is 0.0820 e. The van der Waals surface area contributed by atoms with Crippen LogP contribution in [0, 0.1) is 0 Å². The van der Waals surface area contributed by atoms with E-state index in [4.69, 9.17) is 11.0 Å². The molecule has 13 nitrogen and oxygen atoms in total. The molecule has 36 heavy (non-hydrogen) atoms. The summed E-state index contributed by atoms with van der Waals surface area (Å²) < 4.78 is 0. The molecular formula is C23H34N5O8-3. The molecule has 2 rings (SSSR count). The van der Waals surface area contributed by atoms with Crippen LogP contribution in [0.5, 0.6) is 0 Å². The molecular weight excluding hydrogens is 474 g/mol. The van der Waals surface area contributed by atoms with Gasteiger partial charge in [-0.25, -0.2) is 4.89 Å². The highest BCUT2D eigenvalue weighted by molar-refractivity contribution is 5.72. The van der Waals surface area contributed by atoms with E-state index >= 15 is 0 Å². The second-order valence-corrected chi connectivity index (χ2v) is 8.81. The molecule has 2 bridgehead atoms. The van der Waals surface area contributed by atoms with E-state index in [1.165, 1.54) is 6.92 Å². The van der Waals surface area contributed by atoms with Crippen molar-refractivity contribution in [2.24, 2.45) is 5.73 Å². The van der Waals surface area contributed by atoms with Crippen LogP contribution in [0.25, 0.3) is 0 Å². The Balaban J connectivity index is 2.44. The second-order valence-electron chi connectivity index (χ2n) is 8.81. The number of nitrogens with zero attached hydrogens (tertiary/aromatic N) is 4. The molecule has 0 spiro atoms. The summed E-state index contributed by atoms with van der Waals surface area (Å²) >= 11 is 0. The predicted octanol–water partition coefficient (Wildman–Crippen LogP) is -4.00. The topological polar surface area (TPSA) is 198 Å². The standard InChI is InChI=1S/C23H37N5O8/c1-16(21(29)30)26-9-11-27(19(22(31)32)6-3-13-36-35)14-17-4-2-5-18(25-17)15-28(12-10-26)20(7-8-24)23(33)34/h2,4-5,16,19-20,35H,3,6-15,24H2,1H3,(H,29,30)(H,31,32)(H,33,34)/p-3. The molecule has 0 amide bonds. The van der Waals surface area contributed by atoms with Crippen molar-refractivity contribution < 1.29 is 39.8 Å². The van der Waals surface area contributed by atoms with Crippen molar-refractivity contribution in [3.8, 4) is 0 Å². The van der Waals surface area contributed by atoms with E-state index in [0.29, 0.717) is 11.4 Å². The molecule has 3 unspecified atom stereocenters. The molecule has 202 valence electrons. The maximum absolute atomic E-state index is 12.0. The predicted molar refractivity (Wildman–Crippen MR) is 120 cm³/mol. The SMILES string of the molecule is CC(C(=O)[O-])N1CCN(C(CCN)C(=O)[O-])Cc2cccc(n2)CN(C(CCCOO)C(=O)[O-])CC1. The first-order valence-corrected chi connectivity index (χ1v) is 11.9. The summed E-state index contributed by atoms with van der Waals surface area (Å²) in [4.78, 5) is 49.1. The van der Waals surface area contributed by atoms with Crippen molar-refractivity contribution >= 4 is 17.9 Å². The van der Waals surface area contributed by atoms with Crippen LogP contribution in [-0.2, 0) is 32.4 Å². The van der Waals surface area contributed by atoms with Crippen LogP contribution in [-0.4, -0.2) is 100 Å². The van der Waals surface area contributed by atoms with E-state index in [0.717, 1.165) is 0 Å². The quantitative estimate of drug-likeness (QED) is 0.157. The van der Waals surface area contributed by atoms with Gasteiger partial charge >= 0.3 is 0 Å². The summed E-state index contributed by atoms with van der Waals surface area (Å²) in [6, 6.07) is 2.20. The molecule has 3 atom stereocenters. The Kier molecular flexibility index (Phi) is 12.1. The average molecular weight is 509 g/mol. The molecule has 3 N–H and O–H groups in total. The maximum atomic E-state index is 12.0. The Bertz CT molecular complexity index is 873. The van der Waals surface area contributed by atoms with E-state index < -0.39 is 36.0 Å². The van der Waals surface area contributed by atoms with Gasteiger partial charge < -0.3 is 35.4 Å². The average Bonchev–Trinajstić information content (AvgIpc) is 2.82. The van der Waals surface area contributed by atoms with Gasteiger partial charge in [0.2, 0.25) is 0 Å². The van der Waals surface area contributed by atoms with Gasteiger partial charge in [-0.05, 0) is 44.9 Å². The lowest BCUT2D eigenvalue weighted by Gasteiger charge is -2.39. The Hall–Kier alpha value is -2.68. The number of hydrogen-bond donors (Lipinski definition) is 2. The Morgan fingerprint density at radius 2 is 1.44 bits per heavy atom. The Morgan fingerprint density at radius 3 is 1.89 bits per heavy atom. The first-order valence-electron chi connectivity index (χ1n) is 11.9. The number of carbonyl (C=O) groups is 3. The fraction of sp³-hybridized carbons (Fsp3) is 0.652. The molecule has 0 saturated heterocycles. The molecule has 0 radical (unpaired) electrons. The lowest BCUT2D eigenvalue weighted by molar-refractivity contribution is -0.314. The number of carboxylic acids is 3. The van der Waals surface area contributed by atoms with Crippen molar-refractivity contribution in [2.45, 2.75) is 57.4 Å². The monoisotopic (exact) mass is 508 g/mol. The largest absolute Gasteiger partial charge is 0.548 e. The van der Waals surface area contributed by atoms with Crippen molar-refractivity contribution in [1.82, 2.24) is 19.7 Å². The number of hydrogen-bond acceptors (Lipinski definition) is 13. The zero-order valence-corrected chi connectivity index (χ0v) is 20.4. The van der Waals surface area contributed by atoms with E-state index in [9.17, 15) is 29.7 Å². The number of nitrogens with two attached hydrogens (primary N) is 1. The van der Waals surface area contributed by atoms with Crippen LogP contribution >= 0.6 is 0 Å². The number of fused-ring (bicyclic) bond motifs is 2. The fourth-order valence-corrected chi connectivity index (χ4v) is 4.37. The zero-order chi connectivity index (χ0) is 26.7. The third-order valence-electron chi connectivity index (χ3n) is 6.41. The van der Waals surface area contributed by atoms with Crippen molar-refractivity contribution in [3.05, 3.63) is 29.6 Å². The summed E-state index contributed by atoms with van der Waals surface area (Å²) in [6.07, 6.45) is 0.550. The van der Waals surface area contributed by atoms with Crippen LogP contribution in [0.3, 0.4) is 0 Å². The minimum Gasteiger partial charge on any atom is -0.548 e. The summed E-state index contributed by atoms with van der Waals surface area (Å²) in [5.74, 6) is -3.89. The highest BCUT2D eigenvalue weighted by Gasteiger charge is 2.26. The molecule has 13 heteroatoms. The second kappa shape index (κ2) is 14.8. The van der Waals surface area contributed by atoms with E-state index in [-0.39, 0.29) is 71.7 Å². The van der Waals surface area contributed by atoms with Gasteiger partial charge in [-0.15, -0.1) is 0 Å². The van der Waals surface area contributed by atoms with Crippen LogP contribution in [0.1, 0.15) is 37.6 Å². The van der Waals surface area contributed by atoms with Crippen LogP contribution in [0.4, 0.5) is 0 Å². The summed E-state index contributed by atoms with van der Waals surface area (Å²) in [5.41, 5.74) is 6.75. The third kappa shape index (κ3) is 8.76. The number of carboxylic acid groups (broad SMARTS) is 3. The van der Waals surface area contributed by atoms with Gasteiger partial charge in [0, 0.05) is 51.4 Å². The van der Waals surface area contributed by atoms with Crippen molar-refractivity contribution in [3.63, 3.8) is 0 Å². The molecule has 0 aromatic carbocycles. The van der Waals surface area contributed by atoms with Crippen molar-refractivity contribution in [1.29, 1.82) is 0 Å². The number of aliphatic carboxylic acids is 3. The number of pyridine rings is 1. The van der Waals surface area contributed by atoms with Crippen LogP contribution in [0.2, 0.25) is 0 Å². The molecule has 1 aromatic rings. The highest BCUT2D eigenvalue weighted by atomic mass is 17.1. The molecule has 0 saturated carbocycles. The number of carbonyl (C=O) groups excluding carboxylic acids is 3. The third-order valence-corrected chi connectivity index (χ3v) is 6.41. The van der Waals surface area contributed by atoms with Crippen LogP contribution < -0.4 is 21.1 Å². The van der Waals surface area contributed by atoms with Gasteiger partial charge in [0.25, 0.3) is 0 Å². The zero-order valence-electron chi connectivity index (χ0n) is 20.4. The van der Waals surface area contributed by atoms with Gasteiger partial charge in [-0.2, -0.15) is 0 Å². The minimum atomic E-state index is -1.31. The van der Waals surface area contributed by atoms with Gasteiger partial charge in [-0.1, -0.05) is 6.07 Å². The highest BCUT2D eigenvalue weighted by Crippen LogP contribution is 2.16. The number of rotatable bonds is 12. The lowest BCUT2D eigenvalue weighted by atomic mass is 10.1. The molecule has 2 heterocycles. The first-order chi connectivity index (χ1) is 17.2. The normalized spacial score (nSPS) is 19.0. The van der Waals surface area contributed by atoms with E-state index in [1.54, 1.807) is 32.9 Å². The van der Waals surface area contributed by atoms with Gasteiger partial charge in [0.15, 0.2) is 0 Å². The van der Waals surface area contributed by atoms with E-state index in [2.05, 4.69) is 9.87 Å². The Morgan fingerprint density at radius 1 is 0.944 bits per heavy atom. The summed E-state index contributed by atoms with van der Waals surface area (Å²) in [7, 11) is 0. The number of aromatic nitrogens is 1. The molecule has 1 aliphatic heterocycles. The van der Waals surface area contributed by atoms with Crippen LogP contribution in [0.15, 0.2) is 18.2 Å². The first kappa shape index (κ1) is 29.5. The molecule has 1 aliphatic rings. The van der Waals surface area contributed by atoms with Gasteiger partial charge in [-0.3, -0.25) is 24.9 Å². The summed E-state index contributed by atoms with van der Waals surface area (Å²) in [5, 5.41) is 44.1. The van der Waals surface area contributed by atoms with Gasteiger partial charge in [0.05, 0.1) is 41.9 Å². The molecule has 0 aliphatic carbocycles. The Labute approximate surface area is 210 Å². The minimum absolute atomic E-state index is 0.0442. The maximum Gasteiger partial charge on any atom is 0.0820 e. The van der Waals surface area contributed by atoms with E-state index in [1.807, 2.05) is 0 Å². The van der Waals surface area contributed by atoms with Gasteiger partial charge in [0.1, 0.15) is 0 Å². The molecule has 0 fully saturated rings. The fourth-order valence-electron chi connectivity index (χ4n) is 4.37.